The molecule has 0 aromatic carbocycles. The van der Waals surface area contributed by atoms with Gasteiger partial charge in [-0.1, -0.05) is 27.2 Å². The first-order valence-corrected chi connectivity index (χ1v) is 6.89. The SMILES string of the molecule is CCCC(C)(N)C(=O)N(CCC(=O)OC)CC(C)C. The van der Waals surface area contributed by atoms with E-state index in [1.165, 1.54) is 7.11 Å². The third kappa shape index (κ3) is 6.57. The molecule has 0 aromatic rings. The maximum atomic E-state index is 12.4. The van der Waals surface area contributed by atoms with Crippen LogP contribution in [-0.4, -0.2) is 42.5 Å². The molecule has 0 aromatic heterocycles. The minimum absolute atomic E-state index is 0.0908. The van der Waals surface area contributed by atoms with Crippen LogP contribution in [0.2, 0.25) is 0 Å². The zero-order valence-electron chi connectivity index (χ0n) is 12.9. The van der Waals surface area contributed by atoms with Gasteiger partial charge in [0, 0.05) is 13.1 Å². The summed E-state index contributed by atoms with van der Waals surface area (Å²) in [5.74, 6) is -0.0678. The van der Waals surface area contributed by atoms with Crippen molar-refractivity contribution in [2.45, 2.75) is 52.5 Å². The quantitative estimate of drug-likeness (QED) is 0.680. The van der Waals surface area contributed by atoms with E-state index in [-0.39, 0.29) is 18.3 Å². The number of carbonyl (C=O) groups is 2. The zero-order valence-corrected chi connectivity index (χ0v) is 12.9. The second-order valence-corrected chi connectivity index (χ2v) is 5.64. The van der Waals surface area contributed by atoms with Crippen LogP contribution in [0.3, 0.4) is 0 Å². The van der Waals surface area contributed by atoms with Crippen molar-refractivity contribution in [1.29, 1.82) is 0 Å². The lowest BCUT2D eigenvalue weighted by Crippen LogP contribution is -2.54. The first kappa shape index (κ1) is 17.9. The molecule has 0 heterocycles. The van der Waals surface area contributed by atoms with Crippen molar-refractivity contribution in [3.8, 4) is 0 Å². The molecule has 0 spiro atoms. The van der Waals surface area contributed by atoms with Gasteiger partial charge in [-0.25, -0.2) is 0 Å². The Morgan fingerprint density at radius 1 is 1.37 bits per heavy atom. The Morgan fingerprint density at radius 3 is 2.37 bits per heavy atom. The summed E-state index contributed by atoms with van der Waals surface area (Å²) < 4.78 is 4.61. The summed E-state index contributed by atoms with van der Waals surface area (Å²) in [6.45, 7) is 8.79. The minimum Gasteiger partial charge on any atom is -0.469 e. The summed E-state index contributed by atoms with van der Waals surface area (Å²) in [6.07, 6.45) is 1.70. The summed E-state index contributed by atoms with van der Waals surface area (Å²) in [7, 11) is 1.35. The Labute approximate surface area is 116 Å². The summed E-state index contributed by atoms with van der Waals surface area (Å²) >= 11 is 0. The van der Waals surface area contributed by atoms with Crippen LogP contribution >= 0.6 is 0 Å². The number of hydrogen-bond acceptors (Lipinski definition) is 4. The molecule has 0 rings (SSSR count). The van der Waals surface area contributed by atoms with Crippen molar-refractivity contribution in [1.82, 2.24) is 4.90 Å². The summed E-state index contributed by atoms with van der Waals surface area (Å²) in [4.78, 5) is 25.3. The molecular formula is C14H28N2O3. The van der Waals surface area contributed by atoms with Crippen LogP contribution in [0.15, 0.2) is 0 Å². The molecule has 0 fully saturated rings. The molecular weight excluding hydrogens is 244 g/mol. The van der Waals surface area contributed by atoms with Gasteiger partial charge in [-0.3, -0.25) is 9.59 Å². The average Bonchev–Trinajstić information content (AvgIpc) is 2.32. The topological polar surface area (TPSA) is 72.6 Å². The van der Waals surface area contributed by atoms with Gasteiger partial charge >= 0.3 is 5.97 Å². The molecule has 2 N–H and O–H groups in total. The Hall–Kier alpha value is -1.10. The van der Waals surface area contributed by atoms with E-state index in [4.69, 9.17) is 5.73 Å². The van der Waals surface area contributed by atoms with Crippen LogP contribution < -0.4 is 5.73 Å². The maximum absolute atomic E-state index is 12.4. The van der Waals surface area contributed by atoms with Gasteiger partial charge in [-0.2, -0.15) is 0 Å². The van der Waals surface area contributed by atoms with Crippen molar-refractivity contribution in [2.24, 2.45) is 11.7 Å². The molecule has 0 saturated carbocycles. The van der Waals surface area contributed by atoms with Gasteiger partial charge in [0.05, 0.1) is 19.1 Å². The number of rotatable bonds is 8. The molecule has 5 heteroatoms. The average molecular weight is 272 g/mol. The van der Waals surface area contributed by atoms with Gasteiger partial charge in [-0.15, -0.1) is 0 Å². The van der Waals surface area contributed by atoms with Crippen molar-refractivity contribution in [3.05, 3.63) is 0 Å². The molecule has 0 saturated heterocycles. The second kappa shape index (κ2) is 8.15. The molecule has 0 aliphatic carbocycles. The van der Waals surface area contributed by atoms with Crippen molar-refractivity contribution in [2.75, 3.05) is 20.2 Å². The molecule has 1 amide bonds. The third-order valence-electron chi connectivity index (χ3n) is 2.94. The number of nitrogens with zero attached hydrogens (tertiary/aromatic N) is 1. The highest BCUT2D eigenvalue weighted by Gasteiger charge is 2.32. The third-order valence-corrected chi connectivity index (χ3v) is 2.94. The van der Waals surface area contributed by atoms with Crippen LogP contribution in [-0.2, 0) is 14.3 Å². The lowest BCUT2D eigenvalue weighted by Gasteiger charge is -2.32. The molecule has 0 bridgehead atoms. The lowest BCUT2D eigenvalue weighted by atomic mass is 9.95. The standard InChI is InChI=1S/C14H28N2O3/c1-6-8-14(4,15)13(18)16(10-11(2)3)9-7-12(17)19-5/h11H,6-10,15H2,1-5H3. The monoisotopic (exact) mass is 272 g/mol. The van der Waals surface area contributed by atoms with Crippen molar-refractivity contribution >= 4 is 11.9 Å². The molecule has 112 valence electrons. The fourth-order valence-electron chi connectivity index (χ4n) is 2.03. The first-order valence-electron chi connectivity index (χ1n) is 6.89. The van der Waals surface area contributed by atoms with Gasteiger partial charge in [0.25, 0.3) is 0 Å². The van der Waals surface area contributed by atoms with Gasteiger partial charge in [-0.05, 0) is 19.3 Å². The van der Waals surface area contributed by atoms with E-state index in [9.17, 15) is 9.59 Å². The largest absolute Gasteiger partial charge is 0.469 e. The predicted molar refractivity (Wildman–Crippen MR) is 75.6 cm³/mol. The molecule has 0 radical (unpaired) electrons. The first-order chi connectivity index (χ1) is 8.74. The van der Waals surface area contributed by atoms with Gasteiger partial charge < -0.3 is 15.4 Å². The van der Waals surface area contributed by atoms with Crippen LogP contribution in [0.4, 0.5) is 0 Å². The van der Waals surface area contributed by atoms with Crippen molar-refractivity contribution in [3.63, 3.8) is 0 Å². The molecule has 0 aliphatic heterocycles. The number of hydrogen-bond donors (Lipinski definition) is 1. The summed E-state index contributed by atoms with van der Waals surface area (Å²) in [6, 6.07) is 0. The van der Waals surface area contributed by atoms with Gasteiger partial charge in [0.15, 0.2) is 0 Å². The van der Waals surface area contributed by atoms with E-state index in [1.807, 2.05) is 20.8 Å². The Balaban J connectivity index is 4.73. The zero-order chi connectivity index (χ0) is 15.1. The second-order valence-electron chi connectivity index (χ2n) is 5.64. The lowest BCUT2D eigenvalue weighted by molar-refractivity contribution is -0.143. The molecule has 0 aliphatic rings. The molecule has 5 nitrogen and oxygen atoms in total. The molecule has 19 heavy (non-hydrogen) atoms. The summed E-state index contributed by atoms with van der Waals surface area (Å²) in [5.41, 5.74) is 5.22. The Kier molecular flexibility index (Phi) is 7.68. The fraction of sp³-hybridized carbons (Fsp3) is 0.857. The highest BCUT2D eigenvalue weighted by atomic mass is 16.5. The van der Waals surface area contributed by atoms with E-state index in [0.717, 1.165) is 6.42 Å². The van der Waals surface area contributed by atoms with E-state index >= 15 is 0 Å². The Bertz CT molecular complexity index is 301. The number of carbonyl (C=O) groups excluding carboxylic acids is 2. The number of amides is 1. The highest BCUT2D eigenvalue weighted by molar-refractivity contribution is 5.86. The van der Waals surface area contributed by atoms with Crippen LogP contribution in [0.1, 0.15) is 47.0 Å². The minimum atomic E-state index is -0.861. The van der Waals surface area contributed by atoms with Crippen LogP contribution in [0.5, 0.6) is 0 Å². The van der Waals surface area contributed by atoms with Gasteiger partial charge in [0.2, 0.25) is 5.91 Å². The number of nitrogens with two attached hydrogens (primary N) is 1. The highest BCUT2D eigenvalue weighted by Crippen LogP contribution is 2.14. The van der Waals surface area contributed by atoms with E-state index < -0.39 is 5.54 Å². The summed E-state index contributed by atoms with van der Waals surface area (Å²) in [5, 5.41) is 0. The number of ether oxygens (including phenoxy) is 1. The Morgan fingerprint density at radius 2 is 1.95 bits per heavy atom. The predicted octanol–water partition coefficient (Wildman–Crippen LogP) is 1.55. The fourth-order valence-corrected chi connectivity index (χ4v) is 2.03. The number of methoxy groups -OCH3 is 1. The maximum Gasteiger partial charge on any atom is 0.307 e. The normalized spacial score (nSPS) is 14.1. The number of esters is 1. The van der Waals surface area contributed by atoms with Crippen molar-refractivity contribution < 1.29 is 14.3 Å². The molecule has 1 unspecified atom stereocenters. The van der Waals surface area contributed by atoms with E-state index in [2.05, 4.69) is 4.74 Å². The van der Waals surface area contributed by atoms with Crippen LogP contribution in [0, 0.1) is 5.92 Å². The van der Waals surface area contributed by atoms with Crippen LogP contribution in [0.25, 0.3) is 0 Å². The van der Waals surface area contributed by atoms with E-state index in [0.29, 0.717) is 25.4 Å². The van der Waals surface area contributed by atoms with E-state index in [1.54, 1.807) is 11.8 Å². The molecule has 1 atom stereocenters. The smallest absolute Gasteiger partial charge is 0.307 e. The van der Waals surface area contributed by atoms with Gasteiger partial charge in [0.1, 0.15) is 0 Å².